The molecule has 1 saturated heterocycles. The van der Waals surface area contributed by atoms with E-state index in [4.69, 9.17) is 5.73 Å². The van der Waals surface area contributed by atoms with Crippen molar-refractivity contribution >= 4 is 9.84 Å². The molecule has 1 atom stereocenters. The molecular formula is C9H16N4O2S. The maximum absolute atomic E-state index is 11.4. The highest BCUT2D eigenvalue weighted by Gasteiger charge is 2.39. The van der Waals surface area contributed by atoms with Crippen molar-refractivity contribution in [3.63, 3.8) is 0 Å². The fraction of sp³-hybridized carbons (Fsp3) is 0.778. The number of rotatable bonds is 3. The Labute approximate surface area is 94.8 Å². The van der Waals surface area contributed by atoms with E-state index >= 15 is 0 Å². The first-order valence-corrected chi connectivity index (χ1v) is 7.12. The van der Waals surface area contributed by atoms with E-state index in [1.165, 1.54) is 6.33 Å². The lowest BCUT2D eigenvalue weighted by Gasteiger charge is -2.21. The molecule has 1 unspecified atom stereocenters. The molecule has 6 nitrogen and oxygen atoms in total. The molecule has 1 aliphatic heterocycles. The summed E-state index contributed by atoms with van der Waals surface area (Å²) < 4.78 is 24.6. The normalized spacial score (nSPS) is 28.4. The Kier molecular flexibility index (Phi) is 2.75. The van der Waals surface area contributed by atoms with E-state index in [2.05, 4.69) is 10.1 Å². The Morgan fingerprint density at radius 3 is 2.94 bits per heavy atom. The van der Waals surface area contributed by atoms with E-state index in [0.29, 0.717) is 12.8 Å². The molecule has 2 rings (SSSR count). The number of sulfone groups is 1. The highest BCUT2D eigenvalue weighted by molar-refractivity contribution is 7.91. The molecule has 0 bridgehead atoms. The van der Waals surface area contributed by atoms with Gasteiger partial charge in [0, 0.05) is 18.5 Å². The van der Waals surface area contributed by atoms with Gasteiger partial charge in [-0.2, -0.15) is 5.10 Å². The van der Waals surface area contributed by atoms with Crippen LogP contribution in [-0.2, 0) is 22.8 Å². The predicted molar refractivity (Wildman–Crippen MR) is 59.6 cm³/mol. The molecule has 7 heteroatoms. The molecule has 0 aliphatic carbocycles. The third-order valence-electron chi connectivity index (χ3n) is 2.92. The molecule has 0 spiro atoms. The largest absolute Gasteiger partial charge is 0.324 e. The average Bonchev–Trinajstić information content (AvgIpc) is 2.71. The molecule has 0 radical (unpaired) electrons. The van der Waals surface area contributed by atoms with Gasteiger partial charge in [0.05, 0.1) is 11.5 Å². The number of aryl methyl sites for hydroxylation is 1. The van der Waals surface area contributed by atoms with Crippen LogP contribution in [0.3, 0.4) is 0 Å². The maximum Gasteiger partial charge on any atom is 0.152 e. The summed E-state index contributed by atoms with van der Waals surface area (Å²) in [6.45, 7) is 2.69. The number of nitrogens with two attached hydrogens (primary N) is 1. The van der Waals surface area contributed by atoms with E-state index < -0.39 is 15.4 Å². The minimum absolute atomic E-state index is 0.0522. The van der Waals surface area contributed by atoms with Gasteiger partial charge in [-0.1, -0.05) is 0 Å². The molecule has 2 N–H and O–H groups in total. The van der Waals surface area contributed by atoms with Crippen LogP contribution in [0.2, 0.25) is 0 Å². The summed E-state index contributed by atoms with van der Waals surface area (Å²) in [4.78, 5) is 4.12. The highest BCUT2D eigenvalue weighted by atomic mass is 32.2. The van der Waals surface area contributed by atoms with Crippen molar-refractivity contribution in [1.82, 2.24) is 14.8 Å². The van der Waals surface area contributed by atoms with E-state index in [1.807, 2.05) is 6.92 Å². The zero-order valence-electron chi connectivity index (χ0n) is 9.26. The third kappa shape index (κ3) is 2.25. The van der Waals surface area contributed by atoms with Gasteiger partial charge in [-0.3, -0.25) is 4.68 Å². The lowest BCUT2D eigenvalue weighted by atomic mass is 9.96. The van der Waals surface area contributed by atoms with Gasteiger partial charge < -0.3 is 5.73 Å². The van der Waals surface area contributed by atoms with Crippen molar-refractivity contribution in [1.29, 1.82) is 0 Å². The molecule has 0 saturated carbocycles. The second-order valence-corrected chi connectivity index (χ2v) is 6.56. The quantitative estimate of drug-likeness (QED) is 0.763. The van der Waals surface area contributed by atoms with Gasteiger partial charge in [-0.05, 0) is 13.3 Å². The molecule has 1 aliphatic rings. The maximum atomic E-state index is 11.4. The minimum atomic E-state index is -2.96. The van der Waals surface area contributed by atoms with Crippen molar-refractivity contribution in [3.8, 4) is 0 Å². The number of nitrogens with zero attached hydrogens (tertiary/aromatic N) is 3. The van der Waals surface area contributed by atoms with Gasteiger partial charge in [-0.25, -0.2) is 13.4 Å². The minimum Gasteiger partial charge on any atom is -0.324 e. The van der Waals surface area contributed by atoms with E-state index in [9.17, 15) is 8.42 Å². The van der Waals surface area contributed by atoms with Crippen LogP contribution < -0.4 is 5.73 Å². The van der Waals surface area contributed by atoms with Crippen molar-refractivity contribution in [2.75, 3.05) is 11.5 Å². The lowest BCUT2D eigenvalue weighted by molar-refractivity contribution is 0.447. The number of hydrogen-bond donors (Lipinski definition) is 1. The van der Waals surface area contributed by atoms with Crippen LogP contribution >= 0.6 is 0 Å². The van der Waals surface area contributed by atoms with E-state index in [1.54, 1.807) is 4.68 Å². The van der Waals surface area contributed by atoms with Crippen LogP contribution in [-0.4, -0.2) is 40.2 Å². The summed E-state index contributed by atoms with van der Waals surface area (Å²) in [5.41, 5.74) is 5.42. The molecule has 0 aromatic carbocycles. The van der Waals surface area contributed by atoms with Crippen molar-refractivity contribution < 1.29 is 8.42 Å². The third-order valence-corrected chi connectivity index (χ3v) is 4.76. The van der Waals surface area contributed by atoms with Crippen LogP contribution in [0.5, 0.6) is 0 Å². The zero-order valence-corrected chi connectivity index (χ0v) is 10.1. The molecule has 0 amide bonds. The topological polar surface area (TPSA) is 90.9 Å². The summed E-state index contributed by atoms with van der Waals surface area (Å²) in [6.07, 6.45) is 2.46. The average molecular weight is 244 g/mol. The lowest BCUT2D eigenvalue weighted by Crippen LogP contribution is -2.44. The van der Waals surface area contributed by atoms with Crippen molar-refractivity contribution in [3.05, 3.63) is 12.2 Å². The van der Waals surface area contributed by atoms with Gasteiger partial charge in [0.1, 0.15) is 12.2 Å². The SMILES string of the molecule is CCn1ncnc1CC1(N)CCS(=O)(=O)C1. The fourth-order valence-electron chi connectivity index (χ4n) is 2.08. The molecule has 1 fully saturated rings. The van der Waals surface area contributed by atoms with Crippen LogP contribution in [0.15, 0.2) is 6.33 Å². The Hall–Kier alpha value is -0.950. The number of aromatic nitrogens is 3. The summed E-state index contributed by atoms with van der Waals surface area (Å²) in [5, 5.41) is 4.04. The monoisotopic (exact) mass is 244 g/mol. The highest BCUT2D eigenvalue weighted by Crippen LogP contribution is 2.24. The predicted octanol–water partition coefficient (Wildman–Crippen LogP) is -0.643. The van der Waals surface area contributed by atoms with Gasteiger partial charge in [-0.15, -0.1) is 0 Å². The molecular weight excluding hydrogens is 228 g/mol. The zero-order chi connectivity index (χ0) is 11.8. The molecule has 90 valence electrons. The number of hydrogen-bond acceptors (Lipinski definition) is 5. The van der Waals surface area contributed by atoms with Gasteiger partial charge >= 0.3 is 0 Å². The second-order valence-electron chi connectivity index (χ2n) is 4.37. The fourth-order valence-corrected chi connectivity index (χ4v) is 4.07. The molecule has 2 heterocycles. The molecule has 1 aromatic heterocycles. The van der Waals surface area contributed by atoms with Crippen LogP contribution in [0.1, 0.15) is 19.2 Å². The summed E-state index contributed by atoms with van der Waals surface area (Å²) in [5.74, 6) is 1.00. The van der Waals surface area contributed by atoms with Crippen LogP contribution in [0, 0.1) is 0 Å². The van der Waals surface area contributed by atoms with Gasteiger partial charge in [0.2, 0.25) is 0 Å². The standard InChI is InChI=1S/C9H16N4O2S/c1-2-13-8(11-7-12-13)5-9(10)3-4-16(14,15)6-9/h7H,2-6,10H2,1H3. The summed E-state index contributed by atoms with van der Waals surface area (Å²) in [6, 6.07) is 0. The smallest absolute Gasteiger partial charge is 0.152 e. The Morgan fingerprint density at radius 1 is 1.62 bits per heavy atom. The first kappa shape index (κ1) is 11.5. The molecule has 1 aromatic rings. The first-order chi connectivity index (χ1) is 7.44. The Balaban J connectivity index is 2.16. The van der Waals surface area contributed by atoms with Crippen LogP contribution in [0.25, 0.3) is 0 Å². The summed E-state index contributed by atoms with van der Waals surface area (Å²) >= 11 is 0. The van der Waals surface area contributed by atoms with E-state index in [0.717, 1.165) is 12.4 Å². The Morgan fingerprint density at radius 2 is 2.38 bits per heavy atom. The first-order valence-electron chi connectivity index (χ1n) is 5.30. The van der Waals surface area contributed by atoms with E-state index in [-0.39, 0.29) is 11.5 Å². The van der Waals surface area contributed by atoms with Crippen molar-refractivity contribution in [2.45, 2.75) is 31.8 Å². The van der Waals surface area contributed by atoms with Crippen LogP contribution in [0.4, 0.5) is 0 Å². The van der Waals surface area contributed by atoms with Gasteiger partial charge in [0.25, 0.3) is 0 Å². The second kappa shape index (κ2) is 3.81. The molecule has 16 heavy (non-hydrogen) atoms. The van der Waals surface area contributed by atoms with Crippen molar-refractivity contribution in [2.24, 2.45) is 5.73 Å². The summed E-state index contributed by atoms with van der Waals surface area (Å²) in [7, 11) is -2.96. The Bertz CT molecular complexity index is 481. The van der Waals surface area contributed by atoms with Gasteiger partial charge in [0.15, 0.2) is 9.84 Å².